The van der Waals surface area contributed by atoms with Crippen molar-refractivity contribution >= 4 is 22.8 Å². The van der Waals surface area contributed by atoms with Crippen LogP contribution in [0, 0.1) is 5.41 Å². The number of hydrogen-bond donors (Lipinski definition) is 0. The molecule has 0 unspecified atom stereocenters. The lowest BCUT2D eigenvalue weighted by Crippen LogP contribution is -2.61. The van der Waals surface area contributed by atoms with Gasteiger partial charge in [0, 0.05) is 25.1 Å². The Morgan fingerprint density at radius 1 is 1.44 bits per heavy atom. The number of hydrogen-bond acceptors (Lipinski definition) is 7. The number of methoxy groups -OCH3 is 1. The van der Waals surface area contributed by atoms with Gasteiger partial charge in [0.15, 0.2) is 5.65 Å². The minimum Gasteiger partial charge on any atom is -0.468 e. The minimum atomic E-state index is -0.363. The lowest BCUT2D eigenvalue weighted by atomic mass is 9.64. The highest BCUT2D eigenvalue weighted by atomic mass is 16.5. The van der Waals surface area contributed by atoms with E-state index in [1.807, 2.05) is 14.0 Å². The van der Waals surface area contributed by atoms with E-state index < -0.39 is 0 Å². The van der Waals surface area contributed by atoms with Crippen LogP contribution in [-0.2, 0) is 20.8 Å². The summed E-state index contributed by atoms with van der Waals surface area (Å²) in [6, 6.07) is 0.311. The molecule has 3 rings (SSSR count). The average molecular weight is 347 g/mol. The van der Waals surface area contributed by atoms with Gasteiger partial charge in [-0.15, -0.1) is 0 Å². The number of carbonyl (C=O) groups is 1. The van der Waals surface area contributed by atoms with E-state index in [0.29, 0.717) is 11.7 Å². The summed E-state index contributed by atoms with van der Waals surface area (Å²) in [4.78, 5) is 22.5. The molecule has 0 aromatic carbocycles. The zero-order chi connectivity index (χ0) is 18.2. The van der Waals surface area contributed by atoms with Crippen LogP contribution in [0.1, 0.15) is 27.2 Å². The molecular weight excluding hydrogens is 322 g/mol. The zero-order valence-corrected chi connectivity index (χ0v) is 15.4. The van der Waals surface area contributed by atoms with Crippen molar-refractivity contribution < 1.29 is 14.3 Å². The largest absolute Gasteiger partial charge is 0.468 e. The van der Waals surface area contributed by atoms with E-state index in [1.165, 1.54) is 18.1 Å². The average Bonchev–Trinajstić information content (AvgIpc) is 3.00. The summed E-state index contributed by atoms with van der Waals surface area (Å²) in [7, 11) is 3.39. The van der Waals surface area contributed by atoms with Crippen molar-refractivity contribution in [3.05, 3.63) is 12.5 Å². The quantitative estimate of drug-likeness (QED) is 0.735. The highest BCUT2D eigenvalue weighted by Crippen LogP contribution is 2.46. The van der Waals surface area contributed by atoms with E-state index in [4.69, 9.17) is 9.47 Å². The van der Waals surface area contributed by atoms with Crippen LogP contribution in [0.25, 0.3) is 11.0 Å². The first-order valence-corrected chi connectivity index (χ1v) is 8.47. The summed E-state index contributed by atoms with van der Waals surface area (Å²) in [5.74, 6) is 0.451. The van der Waals surface area contributed by atoms with Crippen molar-refractivity contribution in [2.24, 2.45) is 5.41 Å². The second-order valence-electron chi connectivity index (χ2n) is 6.94. The molecule has 1 aliphatic rings. The van der Waals surface area contributed by atoms with Crippen LogP contribution in [-0.4, -0.2) is 58.6 Å². The Kier molecular flexibility index (Phi) is 4.64. The molecule has 0 amide bonds. The SMILES string of the molecule is CCO[C@@H]1C[C@@H](N(C)c2ncnc3c2cnn3CC(=O)OC)C1(C)C. The van der Waals surface area contributed by atoms with Gasteiger partial charge in [0.05, 0.1) is 24.8 Å². The Morgan fingerprint density at radius 3 is 2.84 bits per heavy atom. The van der Waals surface area contributed by atoms with Crippen molar-refractivity contribution in [2.75, 3.05) is 25.7 Å². The molecule has 8 nitrogen and oxygen atoms in total. The summed E-state index contributed by atoms with van der Waals surface area (Å²) in [5.41, 5.74) is 0.657. The highest BCUT2D eigenvalue weighted by molar-refractivity contribution is 5.87. The molecule has 0 radical (unpaired) electrons. The van der Waals surface area contributed by atoms with E-state index in [9.17, 15) is 4.79 Å². The predicted molar refractivity (Wildman–Crippen MR) is 93.3 cm³/mol. The van der Waals surface area contributed by atoms with E-state index in [1.54, 1.807) is 6.20 Å². The van der Waals surface area contributed by atoms with Crippen LogP contribution in [0.15, 0.2) is 12.5 Å². The fraction of sp³-hybridized carbons (Fsp3) is 0.647. The van der Waals surface area contributed by atoms with Gasteiger partial charge in [-0.25, -0.2) is 14.6 Å². The van der Waals surface area contributed by atoms with Gasteiger partial charge in [-0.1, -0.05) is 13.8 Å². The first kappa shape index (κ1) is 17.6. The van der Waals surface area contributed by atoms with Crippen molar-refractivity contribution in [3.63, 3.8) is 0 Å². The summed E-state index contributed by atoms with van der Waals surface area (Å²) in [5, 5.41) is 5.10. The Bertz CT molecular complexity index is 773. The maximum absolute atomic E-state index is 11.5. The molecule has 2 heterocycles. The number of rotatable bonds is 6. The molecule has 0 saturated heterocycles. The van der Waals surface area contributed by atoms with E-state index in [2.05, 4.69) is 33.8 Å². The number of carbonyl (C=O) groups excluding carboxylic acids is 1. The molecule has 1 aliphatic carbocycles. The topological polar surface area (TPSA) is 82.4 Å². The van der Waals surface area contributed by atoms with Crippen LogP contribution < -0.4 is 4.90 Å². The number of nitrogens with zero attached hydrogens (tertiary/aromatic N) is 5. The molecule has 0 spiro atoms. The lowest BCUT2D eigenvalue weighted by Gasteiger charge is -2.55. The molecule has 2 atom stereocenters. The van der Waals surface area contributed by atoms with Gasteiger partial charge in [0.25, 0.3) is 0 Å². The van der Waals surface area contributed by atoms with Crippen LogP contribution in [0.4, 0.5) is 5.82 Å². The molecule has 1 saturated carbocycles. The summed E-state index contributed by atoms with van der Waals surface area (Å²) < 4.78 is 12.1. The van der Waals surface area contributed by atoms with Gasteiger partial charge in [0.2, 0.25) is 0 Å². The van der Waals surface area contributed by atoms with Crippen molar-refractivity contribution in [3.8, 4) is 0 Å². The third kappa shape index (κ3) is 2.95. The number of aromatic nitrogens is 4. The number of fused-ring (bicyclic) bond motifs is 1. The molecule has 136 valence electrons. The molecule has 0 bridgehead atoms. The Morgan fingerprint density at radius 2 is 2.20 bits per heavy atom. The van der Waals surface area contributed by atoms with Gasteiger partial charge < -0.3 is 14.4 Å². The third-order valence-corrected chi connectivity index (χ3v) is 5.21. The van der Waals surface area contributed by atoms with Crippen LogP contribution in [0.2, 0.25) is 0 Å². The third-order valence-electron chi connectivity index (χ3n) is 5.21. The molecular formula is C17H25N5O3. The molecule has 25 heavy (non-hydrogen) atoms. The first-order valence-electron chi connectivity index (χ1n) is 8.47. The fourth-order valence-corrected chi connectivity index (χ4v) is 3.62. The van der Waals surface area contributed by atoms with E-state index >= 15 is 0 Å². The Balaban J connectivity index is 1.88. The van der Waals surface area contributed by atoms with Crippen LogP contribution in [0.5, 0.6) is 0 Å². The van der Waals surface area contributed by atoms with Crippen molar-refractivity contribution in [2.45, 2.75) is 45.9 Å². The predicted octanol–water partition coefficient (Wildman–Crippen LogP) is 1.64. The zero-order valence-electron chi connectivity index (χ0n) is 15.4. The van der Waals surface area contributed by atoms with Crippen molar-refractivity contribution in [1.82, 2.24) is 19.7 Å². The summed E-state index contributed by atoms with van der Waals surface area (Å²) in [6.45, 7) is 7.22. The van der Waals surface area contributed by atoms with Gasteiger partial charge in [-0.2, -0.15) is 5.10 Å². The Hall–Kier alpha value is -2.22. The smallest absolute Gasteiger partial charge is 0.327 e. The molecule has 0 aliphatic heterocycles. The number of anilines is 1. The maximum Gasteiger partial charge on any atom is 0.327 e. The minimum absolute atomic E-state index is 0.0293. The molecule has 1 fully saturated rings. The molecule has 2 aromatic heterocycles. The summed E-state index contributed by atoms with van der Waals surface area (Å²) in [6.07, 6.45) is 4.42. The standard InChI is InChI=1S/C17H25N5O3/c1-6-25-13-7-12(17(13,2)3)21(4)15-11-8-20-22(9-14(23)24-5)16(11)19-10-18-15/h8,10,12-13H,6-7,9H2,1-5H3/t12-,13-/m1/s1. The van der Waals surface area contributed by atoms with Gasteiger partial charge in [0.1, 0.15) is 18.7 Å². The molecule has 8 heteroatoms. The fourth-order valence-electron chi connectivity index (χ4n) is 3.62. The Labute approximate surface area is 147 Å². The van der Waals surface area contributed by atoms with Gasteiger partial charge in [-0.3, -0.25) is 4.79 Å². The second-order valence-corrected chi connectivity index (χ2v) is 6.94. The monoisotopic (exact) mass is 347 g/mol. The van der Waals surface area contributed by atoms with Gasteiger partial charge in [-0.05, 0) is 13.3 Å². The number of ether oxygens (including phenoxy) is 2. The summed E-state index contributed by atoms with van der Waals surface area (Å²) >= 11 is 0. The second kappa shape index (κ2) is 6.59. The molecule has 0 N–H and O–H groups in total. The lowest BCUT2D eigenvalue weighted by molar-refractivity contribution is -0.141. The normalized spacial score (nSPS) is 21.8. The number of esters is 1. The van der Waals surface area contributed by atoms with E-state index in [-0.39, 0.29) is 24.0 Å². The maximum atomic E-state index is 11.5. The van der Waals surface area contributed by atoms with Crippen LogP contribution in [0.3, 0.4) is 0 Å². The first-order chi connectivity index (χ1) is 11.9. The highest BCUT2D eigenvalue weighted by Gasteiger charge is 2.51. The van der Waals surface area contributed by atoms with E-state index in [0.717, 1.165) is 24.2 Å². The molecule has 2 aromatic rings. The van der Waals surface area contributed by atoms with Crippen LogP contribution >= 0.6 is 0 Å². The van der Waals surface area contributed by atoms with Crippen molar-refractivity contribution in [1.29, 1.82) is 0 Å². The van der Waals surface area contributed by atoms with Gasteiger partial charge >= 0.3 is 5.97 Å².